The zero-order valence-corrected chi connectivity index (χ0v) is 13.5. The van der Waals surface area contributed by atoms with Gasteiger partial charge in [-0.05, 0) is 45.7 Å². The van der Waals surface area contributed by atoms with Gasteiger partial charge < -0.3 is 24.1 Å². The number of aliphatic hydroxyl groups is 1. The van der Waals surface area contributed by atoms with Crippen LogP contribution in [-0.2, 0) is 20.9 Å². The lowest BCUT2D eigenvalue weighted by Gasteiger charge is -2.27. The summed E-state index contributed by atoms with van der Waals surface area (Å²) in [6.07, 6.45) is 1.47. The van der Waals surface area contributed by atoms with Gasteiger partial charge in [0.15, 0.2) is 5.79 Å². The Kier molecular flexibility index (Phi) is 4.05. The van der Waals surface area contributed by atoms with Crippen molar-refractivity contribution in [2.24, 2.45) is 0 Å². The van der Waals surface area contributed by atoms with Crippen LogP contribution in [0.3, 0.4) is 0 Å². The molecule has 1 aromatic carbocycles. The van der Waals surface area contributed by atoms with E-state index in [9.17, 15) is 5.11 Å². The van der Waals surface area contributed by atoms with E-state index in [2.05, 4.69) is 0 Å². The summed E-state index contributed by atoms with van der Waals surface area (Å²) < 4.78 is 23.0. The van der Waals surface area contributed by atoms with Crippen molar-refractivity contribution in [3.63, 3.8) is 0 Å². The summed E-state index contributed by atoms with van der Waals surface area (Å²) in [6.45, 7) is 7.93. The molecule has 0 radical (unpaired) electrons. The van der Waals surface area contributed by atoms with E-state index in [0.29, 0.717) is 37.9 Å². The topological polar surface area (TPSA) is 57.2 Å². The van der Waals surface area contributed by atoms with Crippen molar-refractivity contribution >= 4 is 0 Å². The molecule has 1 N–H and O–H groups in total. The average Bonchev–Trinajstić information content (AvgIpc) is 3.06. The molecule has 0 bridgehead atoms. The highest BCUT2D eigenvalue weighted by Gasteiger charge is 2.47. The van der Waals surface area contributed by atoms with Crippen molar-refractivity contribution < 1.29 is 24.1 Å². The van der Waals surface area contributed by atoms with Gasteiger partial charge in [0.05, 0.1) is 37.6 Å². The van der Waals surface area contributed by atoms with Gasteiger partial charge in [-0.15, -0.1) is 0 Å². The molecule has 1 aliphatic heterocycles. The second kappa shape index (κ2) is 5.72. The molecule has 0 amide bonds. The Hall–Kier alpha value is -1.30. The third-order valence-electron chi connectivity index (χ3n) is 4.22. The van der Waals surface area contributed by atoms with E-state index in [1.165, 1.54) is 0 Å². The maximum absolute atomic E-state index is 10.6. The quantitative estimate of drug-likeness (QED) is 0.875. The highest BCUT2D eigenvalue weighted by Crippen LogP contribution is 2.53. The highest BCUT2D eigenvalue weighted by molar-refractivity contribution is 5.54. The Morgan fingerprint density at radius 2 is 1.55 bits per heavy atom. The standard InChI is InChI=1S/C17H24O5/c1-4-19-13-10-12(16(3)21-8-9-22-16)11-14(20-5-2)15(13)17(18)6-7-17/h10-11,18H,4-9H2,1-3H3. The average molecular weight is 308 g/mol. The molecule has 122 valence electrons. The predicted molar refractivity (Wildman–Crippen MR) is 81.2 cm³/mol. The van der Waals surface area contributed by atoms with Crippen molar-refractivity contribution in [1.82, 2.24) is 0 Å². The molecule has 0 unspecified atom stereocenters. The minimum absolute atomic E-state index is 0.524. The van der Waals surface area contributed by atoms with Crippen LogP contribution in [0.2, 0.25) is 0 Å². The maximum Gasteiger partial charge on any atom is 0.192 e. The van der Waals surface area contributed by atoms with Crippen LogP contribution >= 0.6 is 0 Å². The van der Waals surface area contributed by atoms with Crippen molar-refractivity contribution in [1.29, 1.82) is 0 Å². The van der Waals surface area contributed by atoms with Gasteiger partial charge >= 0.3 is 0 Å². The van der Waals surface area contributed by atoms with Crippen LogP contribution in [0.4, 0.5) is 0 Å². The molecule has 3 rings (SSSR count). The molecule has 1 heterocycles. The SMILES string of the molecule is CCOc1cc(C2(C)OCCO2)cc(OCC)c1C1(O)CC1. The van der Waals surface area contributed by atoms with Crippen LogP contribution in [0.15, 0.2) is 12.1 Å². The molecule has 1 aromatic rings. The fraction of sp³-hybridized carbons (Fsp3) is 0.647. The molecule has 2 fully saturated rings. The van der Waals surface area contributed by atoms with Crippen molar-refractivity contribution in [2.75, 3.05) is 26.4 Å². The van der Waals surface area contributed by atoms with Crippen LogP contribution in [0.25, 0.3) is 0 Å². The smallest absolute Gasteiger partial charge is 0.192 e. The Morgan fingerprint density at radius 3 is 1.95 bits per heavy atom. The van der Waals surface area contributed by atoms with Gasteiger partial charge in [-0.25, -0.2) is 0 Å². The van der Waals surface area contributed by atoms with Gasteiger partial charge in [-0.2, -0.15) is 0 Å². The molecular weight excluding hydrogens is 284 g/mol. The minimum atomic E-state index is -0.828. The lowest BCUT2D eigenvalue weighted by molar-refractivity contribution is -0.149. The third-order valence-corrected chi connectivity index (χ3v) is 4.22. The van der Waals surface area contributed by atoms with Crippen molar-refractivity contribution in [2.45, 2.75) is 45.0 Å². The zero-order valence-electron chi connectivity index (χ0n) is 13.5. The first-order chi connectivity index (χ1) is 10.5. The Bertz CT molecular complexity index is 517. The van der Waals surface area contributed by atoms with Gasteiger partial charge in [0.25, 0.3) is 0 Å². The van der Waals surface area contributed by atoms with Crippen LogP contribution in [0, 0.1) is 0 Å². The lowest BCUT2D eigenvalue weighted by atomic mass is 9.98. The van der Waals surface area contributed by atoms with E-state index in [1.807, 2.05) is 32.9 Å². The van der Waals surface area contributed by atoms with E-state index < -0.39 is 11.4 Å². The summed E-state index contributed by atoms with van der Waals surface area (Å²) in [6, 6.07) is 3.81. The number of hydrogen-bond donors (Lipinski definition) is 1. The summed E-state index contributed by atoms with van der Waals surface area (Å²) in [4.78, 5) is 0. The van der Waals surface area contributed by atoms with E-state index in [4.69, 9.17) is 18.9 Å². The number of hydrogen-bond acceptors (Lipinski definition) is 5. The molecule has 2 aliphatic rings. The monoisotopic (exact) mass is 308 g/mol. The second-order valence-corrected chi connectivity index (χ2v) is 5.89. The molecule has 0 aromatic heterocycles. The van der Waals surface area contributed by atoms with Crippen molar-refractivity contribution in [3.05, 3.63) is 23.3 Å². The van der Waals surface area contributed by atoms with E-state index >= 15 is 0 Å². The Labute approximate surface area is 131 Å². The maximum atomic E-state index is 10.6. The number of ether oxygens (including phenoxy) is 4. The van der Waals surface area contributed by atoms with E-state index in [-0.39, 0.29) is 0 Å². The summed E-state index contributed by atoms with van der Waals surface area (Å²) in [7, 11) is 0. The van der Waals surface area contributed by atoms with E-state index in [1.54, 1.807) is 0 Å². The molecule has 1 saturated heterocycles. The predicted octanol–water partition coefficient (Wildman–Crippen LogP) is 2.68. The van der Waals surface area contributed by atoms with Gasteiger partial charge in [-0.3, -0.25) is 0 Å². The lowest BCUT2D eigenvalue weighted by Crippen LogP contribution is -2.23. The summed E-state index contributed by atoms with van der Waals surface area (Å²) >= 11 is 0. The first-order valence-electron chi connectivity index (χ1n) is 7.97. The van der Waals surface area contributed by atoms with Gasteiger partial charge in [0, 0.05) is 5.56 Å². The third kappa shape index (κ3) is 2.69. The minimum Gasteiger partial charge on any atom is -0.493 e. The molecule has 0 atom stereocenters. The molecule has 0 spiro atoms. The van der Waals surface area contributed by atoms with Crippen LogP contribution in [-0.4, -0.2) is 31.5 Å². The molecule has 1 aliphatic carbocycles. The number of benzene rings is 1. The van der Waals surface area contributed by atoms with Gasteiger partial charge in [0.2, 0.25) is 0 Å². The molecule has 5 nitrogen and oxygen atoms in total. The van der Waals surface area contributed by atoms with E-state index in [0.717, 1.165) is 24.0 Å². The molecule has 1 saturated carbocycles. The first kappa shape index (κ1) is 15.6. The summed E-state index contributed by atoms with van der Waals surface area (Å²) in [5.74, 6) is 0.523. The normalized spacial score (nSPS) is 21.6. The number of rotatable bonds is 6. The Balaban J connectivity index is 2.09. The van der Waals surface area contributed by atoms with Gasteiger partial charge in [-0.1, -0.05) is 0 Å². The van der Waals surface area contributed by atoms with Crippen molar-refractivity contribution in [3.8, 4) is 11.5 Å². The molecule has 5 heteroatoms. The first-order valence-corrected chi connectivity index (χ1v) is 7.97. The van der Waals surface area contributed by atoms with Gasteiger partial charge in [0.1, 0.15) is 11.5 Å². The van der Waals surface area contributed by atoms with Crippen LogP contribution in [0.1, 0.15) is 44.7 Å². The molecular formula is C17H24O5. The van der Waals surface area contributed by atoms with Crippen LogP contribution in [0.5, 0.6) is 11.5 Å². The summed E-state index contributed by atoms with van der Waals surface area (Å²) in [5, 5.41) is 10.6. The van der Waals surface area contributed by atoms with Crippen LogP contribution < -0.4 is 9.47 Å². The molecule has 22 heavy (non-hydrogen) atoms. The fourth-order valence-electron chi connectivity index (χ4n) is 2.90. The largest absolute Gasteiger partial charge is 0.493 e. The second-order valence-electron chi connectivity index (χ2n) is 5.89. The highest BCUT2D eigenvalue weighted by atomic mass is 16.7. The fourth-order valence-corrected chi connectivity index (χ4v) is 2.90. The zero-order chi connectivity index (χ0) is 15.8. The summed E-state index contributed by atoms with van der Waals surface area (Å²) in [5.41, 5.74) is 0.776. The Morgan fingerprint density at radius 1 is 1.05 bits per heavy atom.